The molecule has 0 saturated carbocycles. The lowest BCUT2D eigenvalue weighted by Crippen LogP contribution is -2.47. The number of anilines is 1. The van der Waals surface area contributed by atoms with Crippen LogP contribution in [0.4, 0.5) is 5.13 Å². The number of sulfone groups is 1. The molecule has 9 nitrogen and oxygen atoms in total. The Morgan fingerprint density at radius 3 is 2.65 bits per heavy atom. The van der Waals surface area contributed by atoms with Crippen molar-refractivity contribution in [3.63, 3.8) is 0 Å². The predicted octanol–water partition coefficient (Wildman–Crippen LogP) is 2.66. The van der Waals surface area contributed by atoms with Crippen molar-refractivity contribution in [2.75, 3.05) is 23.9 Å². The van der Waals surface area contributed by atoms with Gasteiger partial charge in [-0.2, -0.15) is 0 Å². The fourth-order valence-electron chi connectivity index (χ4n) is 4.21. The number of aryl methyl sites for hydroxylation is 1. The van der Waals surface area contributed by atoms with Gasteiger partial charge in [-0.3, -0.25) is 19.9 Å². The first-order valence-corrected chi connectivity index (χ1v) is 13.3. The van der Waals surface area contributed by atoms with Crippen LogP contribution in [0.15, 0.2) is 36.5 Å². The lowest BCUT2D eigenvalue weighted by molar-refractivity contribution is -0.135. The van der Waals surface area contributed by atoms with E-state index in [9.17, 15) is 18.0 Å². The fourth-order valence-corrected chi connectivity index (χ4v) is 6.60. The van der Waals surface area contributed by atoms with Crippen LogP contribution < -0.4 is 10.1 Å². The second-order valence-corrected chi connectivity index (χ2v) is 11.6. The number of amides is 2. The summed E-state index contributed by atoms with van der Waals surface area (Å²) in [7, 11) is -1.47. The Hall–Kier alpha value is -3.31. The Balaban J connectivity index is 1.32. The maximum absolute atomic E-state index is 13.2. The zero-order valence-corrected chi connectivity index (χ0v) is 20.2. The molecule has 0 aliphatic carbocycles. The standard InChI is InChI=1S/C23H22N4O5S2/c1-13-7-16(15-5-3-4-6-19(15)32-2)17(8-24-13)21(28)26-23-25-18-9-27(10-20(18)33-23)22(29)14-11-34(30,31)12-14/h3-8,14H,9-12H2,1-2H3,(H,25,26,28). The van der Waals surface area contributed by atoms with Crippen molar-refractivity contribution in [2.24, 2.45) is 5.92 Å². The average molecular weight is 499 g/mol. The van der Waals surface area contributed by atoms with Gasteiger partial charge in [0.15, 0.2) is 15.0 Å². The summed E-state index contributed by atoms with van der Waals surface area (Å²) >= 11 is 1.32. The molecule has 1 aromatic carbocycles. The van der Waals surface area contributed by atoms with Gasteiger partial charge in [-0.15, -0.1) is 0 Å². The Bertz CT molecular complexity index is 1380. The van der Waals surface area contributed by atoms with Crippen molar-refractivity contribution in [3.8, 4) is 16.9 Å². The van der Waals surface area contributed by atoms with Crippen LogP contribution in [0.3, 0.4) is 0 Å². The van der Waals surface area contributed by atoms with Gasteiger partial charge < -0.3 is 9.64 Å². The number of nitrogens with zero attached hydrogens (tertiary/aromatic N) is 3. The molecule has 2 aliphatic rings. The molecule has 2 aromatic heterocycles. The third kappa shape index (κ3) is 4.16. The number of fused-ring (bicyclic) bond motifs is 1. The summed E-state index contributed by atoms with van der Waals surface area (Å²) in [5, 5.41) is 3.30. The number of thiazole rings is 1. The first-order valence-electron chi connectivity index (χ1n) is 10.6. The molecule has 0 radical (unpaired) electrons. The van der Waals surface area contributed by atoms with Crippen molar-refractivity contribution in [2.45, 2.75) is 20.0 Å². The van der Waals surface area contributed by atoms with Gasteiger partial charge in [0.05, 0.1) is 53.8 Å². The van der Waals surface area contributed by atoms with Gasteiger partial charge in [-0.25, -0.2) is 13.4 Å². The van der Waals surface area contributed by atoms with Crippen LogP contribution in [-0.4, -0.2) is 53.7 Å². The Labute approximate surface area is 200 Å². The van der Waals surface area contributed by atoms with E-state index in [0.717, 1.165) is 21.8 Å². The first-order chi connectivity index (χ1) is 16.2. The minimum absolute atomic E-state index is 0.0795. The van der Waals surface area contributed by atoms with E-state index in [4.69, 9.17) is 4.74 Å². The molecule has 0 spiro atoms. The third-order valence-electron chi connectivity index (χ3n) is 5.93. The minimum Gasteiger partial charge on any atom is -0.496 e. The summed E-state index contributed by atoms with van der Waals surface area (Å²) in [6.45, 7) is 2.55. The minimum atomic E-state index is -3.06. The summed E-state index contributed by atoms with van der Waals surface area (Å²) in [5.41, 5.74) is 3.39. The molecule has 4 heterocycles. The third-order valence-corrected chi connectivity index (χ3v) is 8.75. The van der Waals surface area contributed by atoms with E-state index in [2.05, 4.69) is 15.3 Å². The molecule has 3 aromatic rings. The smallest absolute Gasteiger partial charge is 0.259 e. The van der Waals surface area contributed by atoms with Gasteiger partial charge in [0.1, 0.15) is 5.75 Å². The van der Waals surface area contributed by atoms with Gasteiger partial charge in [0, 0.05) is 23.0 Å². The zero-order valence-electron chi connectivity index (χ0n) is 18.6. The second kappa shape index (κ2) is 8.48. The summed E-state index contributed by atoms with van der Waals surface area (Å²) in [6.07, 6.45) is 1.54. The highest BCUT2D eigenvalue weighted by atomic mass is 32.2. The molecule has 1 saturated heterocycles. The Kier molecular flexibility index (Phi) is 5.61. The summed E-state index contributed by atoms with van der Waals surface area (Å²) in [4.78, 5) is 37.0. The van der Waals surface area contributed by atoms with E-state index in [-0.39, 0.29) is 23.3 Å². The van der Waals surface area contributed by atoms with Crippen molar-refractivity contribution in [3.05, 3.63) is 58.4 Å². The van der Waals surface area contributed by atoms with E-state index in [1.165, 1.54) is 11.3 Å². The van der Waals surface area contributed by atoms with Crippen LogP contribution in [0.1, 0.15) is 26.6 Å². The van der Waals surface area contributed by atoms with Crippen molar-refractivity contribution in [1.82, 2.24) is 14.9 Å². The molecule has 1 fully saturated rings. The number of para-hydroxylation sites is 1. The number of benzene rings is 1. The summed E-state index contributed by atoms with van der Waals surface area (Å²) in [6, 6.07) is 9.32. The van der Waals surface area contributed by atoms with Crippen LogP contribution >= 0.6 is 11.3 Å². The number of rotatable bonds is 5. The van der Waals surface area contributed by atoms with Crippen molar-refractivity contribution >= 4 is 38.1 Å². The maximum atomic E-state index is 13.2. The lowest BCUT2D eigenvalue weighted by Gasteiger charge is -2.28. The number of methoxy groups -OCH3 is 1. The molecular formula is C23H22N4O5S2. The first kappa shape index (κ1) is 22.5. The quantitative estimate of drug-likeness (QED) is 0.574. The molecule has 2 aliphatic heterocycles. The normalized spacial score (nSPS) is 16.6. The largest absolute Gasteiger partial charge is 0.496 e. The Morgan fingerprint density at radius 2 is 1.94 bits per heavy atom. The molecule has 2 amide bonds. The highest BCUT2D eigenvalue weighted by Crippen LogP contribution is 2.35. The highest BCUT2D eigenvalue weighted by molar-refractivity contribution is 7.92. The van der Waals surface area contributed by atoms with Crippen LogP contribution in [0, 0.1) is 12.8 Å². The number of ether oxygens (including phenoxy) is 1. The number of aromatic nitrogens is 2. The van der Waals surface area contributed by atoms with Crippen molar-refractivity contribution < 1.29 is 22.7 Å². The molecule has 5 rings (SSSR count). The SMILES string of the molecule is COc1ccccc1-c1cc(C)ncc1C(=O)Nc1nc2c(s1)CN(C(=O)C1CS(=O)(=O)C1)C2. The van der Waals surface area contributed by atoms with Gasteiger partial charge >= 0.3 is 0 Å². The van der Waals surface area contributed by atoms with Crippen LogP contribution in [0.5, 0.6) is 5.75 Å². The number of nitrogens with one attached hydrogen (secondary N) is 1. The number of pyridine rings is 1. The van der Waals surface area contributed by atoms with Gasteiger partial charge in [-0.1, -0.05) is 29.5 Å². The van der Waals surface area contributed by atoms with Crippen LogP contribution in [0.25, 0.3) is 11.1 Å². The second-order valence-electron chi connectivity index (χ2n) is 8.38. The van der Waals surface area contributed by atoms with Gasteiger partial charge in [-0.05, 0) is 19.1 Å². The van der Waals surface area contributed by atoms with Crippen molar-refractivity contribution in [1.29, 1.82) is 0 Å². The number of carbonyl (C=O) groups excluding carboxylic acids is 2. The van der Waals surface area contributed by atoms with Crippen LogP contribution in [-0.2, 0) is 27.7 Å². The summed E-state index contributed by atoms with van der Waals surface area (Å²) < 4.78 is 28.2. The molecule has 11 heteroatoms. The predicted molar refractivity (Wildman–Crippen MR) is 127 cm³/mol. The molecule has 0 unspecified atom stereocenters. The van der Waals surface area contributed by atoms with E-state index in [1.54, 1.807) is 18.2 Å². The maximum Gasteiger partial charge on any atom is 0.259 e. The Morgan fingerprint density at radius 1 is 1.18 bits per heavy atom. The lowest BCUT2D eigenvalue weighted by atomic mass is 9.99. The van der Waals surface area contributed by atoms with E-state index >= 15 is 0 Å². The highest BCUT2D eigenvalue weighted by Gasteiger charge is 2.42. The topological polar surface area (TPSA) is 119 Å². The zero-order chi connectivity index (χ0) is 24.0. The number of carbonyl (C=O) groups is 2. The van der Waals surface area contributed by atoms with E-state index in [0.29, 0.717) is 35.1 Å². The molecule has 0 atom stereocenters. The number of hydrogen-bond donors (Lipinski definition) is 1. The number of hydrogen-bond acceptors (Lipinski definition) is 8. The van der Waals surface area contributed by atoms with Gasteiger partial charge in [0.2, 0.25) is 5.91 Å². The molecule has 0 bridgehead atoms. The van der Waals surface area contributed by atoms with Crippen LogP contribution in [0.2, 0.25) is 0 Å². The van der Waals surface area contributed by atoms with E-state index in [1.807, 2.05) is 37.3 Å². The molecule has 34 heavy (non-hydrogen) atoms. The average Bonchev–Trinajstić information content (AvgIpc) is 3.35. The fraction of sp³-hybridized carbons (Fsp3) is 0.304. The molecule has 1 N–H and O–H groups in total. The van der Waals surface area contributed by atoms with E-state index < -0.39 is 15.8 Å². The summed E-state index contributed by atoms with van der Waals surface area (Å²) in [5.74, 6) is -0.459. The molecule has 176 valence electrons. The van der Waals surface area contributed by atoms with Gasteiger partial charge in [0.25, 0.3) is 5.91 Å². The monoisotopic (exact) mass is 498 g/mol. The molecular weight excluding hydrogens is 476 g/mol.